The maximum absolute atomic E-state index is 13.3. The lowest BCUT2D eigenvalue weighted by atomic mass is 10.2. The minimum Gasteiger partial charge on any atom is -0.497 e. The molecule has 0 aliphatic rings. The van der Waals surface area contributed by atoms with Crippen LogP contribution >= 0.6 is 11.3 Å². The number of fused-ring (bicyclic) bond motifs is 1. The molecule has 8 nitrogen and oxygen atoms in total. The molecule has 2 heterocycles. The molecule has 34 heavy (non-hydrogen) atoms. The second-order valence-electron chi connectivity index (χ2n) is 7.42. The van der Waals surface area contributed by atoms with E-state index in [0.717, 1.165) is 34.5 Å². The SMILES string of the molecule is COc1ccc2nc(N(CCCn3ccnc3)C(=O)/C=C/c3ccc(OC)c(OC)c3)sc2c1. The molecule has 0 bridgehead atoms. The first-order chi connectivity index (χ1) is 16.6. The van der Waals surface area contributed by atoms with Crippen molar-refractivity contribution in [3.8, 4) is 17.2 Å². The summed E-state index contributed by atoms with van der Waals surface area (Å²) in [5, 5.41) is 0.649. The molecule has 176 valence electrons. The highest BCUT2D eigenvalue weighted by Gasteiger charge is 2.18. The lowest BCUT2D eigenvalue weighted by Gasteiger charge is -2.18. The Bertz CT molecular complexity index is 1280. The second-order valence-corrected chi connectivity index (χ2v) is 8.43. The molecule has 0 saturated carbocycles. The average molecular weight is 479 g/mol. The van der Waals surface area contributed by atoms with Gasteiger partial charge in [-0.05, 0) is 48.4 Å². The van der Waals surface area contributed by atoms with E-state index in [1.165, 1.54) is 11.3 Å². The Kier molecular flexibility index (Phi) is 7.44. The highest BCUT2D eigenvalue weighted by molar-refractivity contribution is 7.22. The van der Waals surface area contributed by atoms with Crippen LogP contribution in [0.15, 0.2) is 61.2 Å². The molecule has 9 heteroatoms. The fourth-order valence-electron chi connectivity index (χ4n) is 3.48. The van der Waals surface area contributed by atoms with Crippen molar-refractivity contribution < 1.29 is 19.0 Å². The Morgan fingerprint density at radius 1 is 1.09 bits per heavy atom. The number of hydrogen-bond donors (Lipinski definition) is 0. The van der Waals surface area contributed by atoms with Gasteiger partial charge in [0.2, 0.25) is 0 Å². The van der Waals surface area contributed by atoms with Gasteiger partial charge < -0.3 is 18.8 Å². The van der Waals surface area contributed by atoms with E-state index in [1.54, 1.807) is 50.9 Å². The van der Waals surface area contributed by atoms with Gasteiger partial charge in [0.15, 0.2) is 16.6 Å². The molecule has 2 aromatic heterocycles. The molecule has 4 aromatic rings. The monoisotopic (exact) mass is 478 g/mol. The molecular weight excluding hydrogens is 452 g/mol. The molecule has 0 saturated heterocycles. The van der Waals surface area contributed by atoms with Crippen LogP contribution in [0.3, 0.4) is 0 Å². The number of methoxy groups -OCH3 is 3. The summed E-state index contributed by atoms with van der Waals surface area (Å²) in [4.78, 5) is 23.8. The first-order valence-electron chi connectivity index (χ1n) is 10.7. The number of aryl methyl sites for hydroxylation is 1. The zero-order chi connectivity index (χ0) is 23.9. The summed E-state index contributed by atoms with van der Waals surface area (Å²) in [6.07, 6.45) is 9.51. The fraction of sp³-hybridized carbons (Fsp3) is 0.240. The summed E-state index contributed by atoms with van der Waals surface area (Å²) >= 11 is 1.47. The molecule has 0 unspecified atom stereocenters. The number of thiazole rings is 1. The predicted octanol–water partition coefficient (Wildman–Crippen LogP) is 4.66. The van der Waals surface area contributed by atoms with Crippen LogP contribution in [0.4, 0.5) is 5.13 Å². The number of aromatic nitrogens is 3. The number of carbonyl (C=O) groups is 1. The third-order valence-electron chi connectivity index (χ3n) is 5.26. The fourth-order valence-corrected chi connectivity index (χ4v) is 4.51. The zero-order valence-corrected chi connectivity index (χ0v) is 20.1. The van der Waals surface area contributed by atoms with Crippen molar-refractivity contribution in [2.24, 2.45) is 0 Å². The molecule has 0 radical (unpaired) electrons. The van der Waals surface area contributed by atoms with Crippen LogP contribution in [0.25, 0.3) is 16.3 Å². The number of benzene rings is 2. The summed E-state index contributed by atoms with van der Waals surface area (Å²) in [7, 11) is 4.81. The number of nitrogens with zero attached hydrogens (tertiary/aromatic N) is 4. The van der Waals surface area contributed by atoms with Crippen molar-refractivity contribution >= 4 is 38.7 Å². The van der Waals surface area contributed by atoms with Crippen molar-refractivity contribution in [3.63, 3.8) is 0 Å². The molecule has 2 aromatic carbocycles. The van der Waals surface area contributed by atoms with Gasteiger partial charge in [0.1, 0.15) is 5.75 Å². The first kappa shape index (κ1) is 23.3. The van der Waals surface area contributed by atoms with E-state index in [9.17, 15) is 4.79 Å². The zero-order valence-electron chi connectivity index (χ0n) is 19.3. The molecular formula is C25H26N4O4S. The van der Waals surface area contributed by atoms with Gasteiger partial charge in [0.05, 0.1) is 37.9 Å². The van der Waals surface area contributed by atoms with Crippen LogP contribution < -0.4 is 19.1 Å². The number of rotatable bonds is 10. The van der Waals surface area contributed by atoms with Crippen molar-refractivity contribution in [2.45, 2.75) is 13.0 Å². The number of imidazole rings is 1. The molecule has 0 atom stereocenters. The summed E-state index contributed by atoms with van der Waals surface area (Å²) in [5.74, 6) is 1.85. The number of anilines is 1. The van der Waals surface area contributed by atoms with E-state index in [0.29, 0.717) is 23.2 Å². The maximum atomic E-state index is 13.3. The minimum atomic E-state index is -0.147. The Labute approximate surface area is 202 Å². The van der Waals surface area contributed by atoms with Crippen LogP contribution in [0, 0.1) is 0 Å². The molecule has 0 spiro atoms. The molecule has 0 aliphatic heterocycles. The van der Waals surface area contributed by atoms with E-state index in [1.807, 2.05) is 47.2 Å². The Balaban J connectivity index is 1.57. The highest BCUT2D eigenvalue weighted by Crippen LogP contribution is 2.32. The minimum absolute atomic E-state index is 0.147. The van der Waals surface area contributed by atoms with Crippen molar-refractivity contribution in [1.29, 1.82) is 0 Å². The van der Waals surface area contributed by atoms with Gasteiger partial charge in [-0.25, -0.2) is 9.97 Å². The van der Waals surface area contributed by atoms with E-state index in [4.69, 9.17) is 19.2 Å². The summed E-state index contributed by atoms with van der Waals surface area (Å²) in [5.41, 5.74) is 1.66. The largest absolute Gasteiger partial charge is 0.497 e. The van der Waals surface area contributed by atoms with Crippen LogP contribution in [0.5, 0.6) is 17.2 Å². The van der Waals surface area contributed by atoms with Gasteiger partial charge in [0, 0.05) is 31.6 Å². The summed E-state index contributed by atoms with van der Waals surface area (Å²) < 4.78 is 18.9. The number of carbonyl (C=O) groups excluding carboxylic acids is 1. The topological polar surface area (TPSA) is 78.7 Å². The smallest absolute Gasteiger partial charge is 0.252 e. The van der Waals surface area contributed by atoms with Gasteiger partial charge >= 0.3 is 0 Å². The van der Waals surface area contributed by atoms with Crippen molar-refractivity contribution in [2.75, 3.05) is 32.8 Å². The highest BCUT2D eigenvalue weighted by atomic mass is 32.1. The quantitative estimate of drug-likeness (QED) is 0.309. The van der Waals surface area contributed by atoms with E-state index < -0.39 is 0 Å². The Hall–Kier alpha value is -3.85. The van der Waals surface area contributed by atoms with E-state index in [-0.39, 0.29) is 5.91 Å². The molecule has 0 N–H and O–H groups in total. The first-order valence-corrected chi connectivity index (χ1v) is 11.5. The summed E-state index contributed by atoms with van der Waals surface area (Å²) in [6.45, 7) is 1.27. The van der Waals surface area contributed by atoms with E-state index in [2.05, 4.69) is 4.98 Å². The van der Waals surface area contributed by atoms with Gasteiger partial charge in [0.25, 0.3) is 5.91 Å². The van der Waals surface area contributed by atoms with Crippen LogP contribution in [0.2, 0.25) is 0 Å². The average Bonchev–Trinajstić information content (AvgIpc) is 3.54. The second kappa shape index (κ2) is 10.8. The van der Waals surface area contributed by atoms with Crippen LogP contribution in [0.1, 0.15) is 12.0 Å². The molecule has 1 amide bonds. The molecule has 4 rings (SSSR count). The third kappa shape index (κ3) is 5.37. The number of ether oxygens (including phenoxy) is 3. The number of hydrogen-bond acceptors (Lipinski definition) is 7. The van der Waals surface area contributed by atoms with E-state index >= 15 is 0 Å². The molecule has 0 aliphatic carbocycles. The normalized spacial score (nSPS) is 11.1. The lowest BCUT2D eigenvalue weighted by molar-refractivity contribution is -0.114. The predicted molar refractivity (Wildman–Crippen MR) is 134 cm³/mol. The summed E-state index contributed by atoms with van der Waals surface area (Å²) in [6, 6.07) is 11.2. The third-order valence-corrected chi connectivity index (χ3v) is 6.31. The standard InChI is InChI=1S/C25H26N4O4S/c1-31-19-7-8-20-23(16-19)34-25(27-20)29(13-4-12-28-14-11-26-17-28)24(30)10-6-18-5-9-21(32-2)22(15-18)33-3/h5-11,14-17H,4,12-13H2,1-3H3/b10-6+. The van der Waals surface area contributed by atoms with Gasteiger partial charge in [-0.1, -0.05) is 17.4 Å². The Morgan fingerprint density at radius 3 is 2.68 bits per heavy atom. The van der Waals surface area contributed by atoms with Crippen molar-refractivity contribution in [1.82, 2.24) is 14.5 Å². The van der Waals surface area contributed by atoms with Crippen LogP contribution in [-0.2, 0) is 11.3 Å². The van der Waals surface area contributed by atoms with Gasteiger partial charge in [-0.15, -0.1) is 0 Å². The van der Waals surface area contributed by atoms with Crippen LogP contribution in [-0.4, -0.2) is 48.3 Å². The Morgan fingerprint density at radius 2 is 1.94 bits per heavy atom. The lowest BCUT2D eigenvalue weighted by Crippen LogP contribution is -2.30. The van der Waals surface area contributed by atoms with Gasteiger partial charge in [-0.2, -0.15) is 0 Å². The van der Waals surface area contributed by atoms with Gasteiger partial charge in [-0.3, -0.25) is 9.69 Å². The maximum Gasteiger partial charge on any atom is 0.252 e. The van der Waals surface area contributed by atoms with Crippen molar-refractivity contribution in [3.05, 3.63) is 66.8 Å². The molecule has 0 fully saturated rings. The number of amides is 1.